The number of methoxy groups -OCH3 is 4. The largest absolute Gasteiger partial charge is 0.496 e. The summed E-state index contributed by atoms with van der Waals surface area (Å²) in [7, 11) is -26.1. The Morgan fingerprint density at radius 2 is 0.705 bits per heavy atom. The summed E-state index contributed by atoms with van der Waals surface area (Å²) in [6, 6.07) is 12.0. The van der Waals surface area contributed by atoms with Crippen LogP contribution in [0.1, 0.15) is 6.92 Å². The molecule has 4 aromatic rings. The van der Waals surface area contributed by atoms with Crippen LogP contribution in [0.2, 0.25) is 0 Å². The molecule has 21 nitrogen and oxygen atoms in total. The molecule has 0 amide bonds. The number of rotatable bonds is 19. The van der Waals surface area contributed by atoms with Crippen LogP contribution in [0.25, 0.3) is 0 Å². The van der Waals surface area contributed by atoms with Crippen molar-refractivity contribution in [1.29, 1.82) is 0 Å². The monoisotopic (exact) mass is 992 g/mol. The molecule has 0 fully saturated rings. The summed E-state index contributed by atoms with van der Waals surface area (Å²) in [6.45, 7) is 1.17. The van der Waals surface area contributed by atoms with E-state index in [1.807, 2.05) is 0 Å². The molecule has 0 aliphatic rings. The molecule has 0 aromatic heterocycles. The van der Waals surface area contributed by atoms with Crippen molar-refractivity contribution in [3.63, 3.8) is 0 Å². The predicted molar refractivity (Wildman–Crippen MR) is 220 cm³/mol. The lowest BCUT2D eigenvalue weighted by Crippen LogP contribution is -2.44. The van der Waals surface area contributed by atoms with E-state index in [4.69, 9.17) is 23.1 Å². The zero-order valence-electron chi connectivity index (χ0n) is 32.2. The average molecular weight is 993 g/mol. The van der Waals surface area contributed by atoms with Crippen molar-refractivity contribution >= 4 is 87.9 Å². The van der Waals surface area contributed by atoms with E-state index in [-0.39, 0.29) is 44.2 Å². The third kappa shape index (κ3) is 12.1. The van der Waals surface area contributed by atoms with Crippen molar-refractivity contribution in [2.45, 2.75) is 32.8 Å². The van der Waals surface area contributed by atoms with Gasteiger partial charge in [0.1, 0.15) is 23.0 Å². The quantitative estimate of drug-likeness (QED) is 0.0439. The summed E-state index contributed by atoms with van der Waals surface area (Å²) in [5.41, 5.74) is -2.23. The van der Waals surface area contributed by atoms with E-state index in [1.54, 1.807) is 0 Å². The summed E-state index contributed by atoms with van der Waals surface area (Å²) >= 11 is 0. The van der Waals surface area contributed by atoms with Crippen LogP contribution in [-0.2, 0) is 55.1 Å². The standard InChI is InChI=1S/C33H38O21P2S5/c1-33(32(34)54-61(47,48)49,18-55(28-14-20(57(35,36)37)6-10-24(28)50-2)29-15-21(58(38,39)40)7-11-25(29)51-3)19-56(30-16-22(59(41,42)43)8-12-26(30)52-4)31-17-23(60(44,45)46)9-13-27(31)53-5/h6-17,32,34H,18-19H2,1-5H3,(H,35,36,37)(H,38,39,40)(H,41,42,43)(H,44,45,46)(H,47,48,49). The van der Waals surface area contributed by atoms with E-state index in [2.05, 4.69) is 0 Å². The Kier molecular flexibility index (Phi) is 15.3. The molecule has 4 rings (SSSR count). The maximum absolute atomic E-state index is 12.5. The molecule has 4 aromatic carbocycles. The lowest BCUT2D eigenvalue weighted by molar-refractivity contribution is -0.0907. The predicted octanol–water partition coefficient (Wildman–Crippen LogP) is 1.42. The average Bonchev–Trinajstić information content (AvgIpc) is 3.16. The molecule has 28 heteroatoms. The minimum absolute atomic E-state index is 0.127. The van der Waals surface area contributed by atoms with E-state index in [1.165, 1.54) is 6.92 Å². The molecule has 336 valence electrons. The number of benzene rings is 4. The van der Waals surface area contributed by atoms with Crippen molar-refractivity contribution in [3.05, 3.63) is 72.8 Å². The molecule has 0 heterocycles. The number of hydrogen-bond donors (Lipinski definition) is 6. The molecule has 0 aliphatic heterocycles. The molecule has 0 radical (unpaired) electrons. The normalized spacial score (nSPS) is 13.6. The van der Waals surface area contributed by atoms with Crippen LogP contribution in [0.5, 0.6) is 23.0 Å². The Hall–Kier alpha value is -3.59. The van der Waals surface area contributed by atoms with Crippen molar-refractivity contribution in [2.24, 2.45) is 5.41 Å². The number of aliphatic hydroxyl groups is 1. The van der Waals surface area contributed by atoms with Gasteiger partial charge in [0.25, 0.3) is 40.5 Å². The van der Waals surface area contributed by atoms with Gasteiger partial charge in [-0.3, -0.25) is 22.8 Å². The van der Waals surface area contributed by atoms with Crippen LogP contribution < -0.4 is 40.2 Å². The molecular weight excluding hydrogens is 955 g/mol. The zero-order chi connectivity index (χ0) is 46.1. The van der Waals surface area contributed by atoms with Crippen LogP contribution >= 0.6 is 15.8 Å². The molecule has 6 N–H and O–H groups in total. The maximum Gasteiger partial charge on any atom is 0.399 e. The van der Waals surface area contributed by atoms with Crippen LogP contribution in [0.3, 0.4) is 0 Å². The van der Waals surface area contributed by atoms with Gasteiger partial charge >= 0.3 is 10.4 Å². The van der Waals surface area contributed by atoms with Crippen LogP contribution in [-0.4, -0.2) is 117 Å². The summed E-state index contributed by atoms with van der Waals surface area (Å²) in [6.07, 6.45) is -4.06. The second-order valence-corrected chi connectivity index (χ2v) is 23.9. The Morgan fingerprint density at radius 1 is 0.475 bits per heavy atom. The highest BCUT2D eigenvalue weighted by Crippen LogP contribution is 2.53. The molecule has 0 spiro atoms. The van der Waals surface area contributed by atoms with Gasteiger partial charge in [-0.15, -0.1) is 0 Å². The first-order chi connectivity index (χ1) is 28.0. The van der Waals surface area contributed by atoms with Gasteiger partial charge in [0, 0.05) is 26.6 Å². The molecule has 61 heavy (non-hydrogen) atoms. The summed E-state index contributed by atoms with van der Waals surface area (Å²) in [5.74, 6) is -0.509. The Morgan fingerprint density at radius 3 is 0.885 bits per heavy atom. The minimum atomic E-state index is -5.58. The number of hydrogen-bond acceptors (Lipinski definition) is 16. The third-order valence-corrected chi connectivity index (χ3v) is 18.4. The van der Waals surface area contributed by atoms with E-state index in [9.17, 15) is 70.0 Å². The van der Waals surface area contributed by atoms with E-state index in [0.717, 1.165) is 101 Å². The smallest absolute Gasteiger partial charge is 0.399 e. The summed E-state index contributed by atoms with van der Waals surface area (Å²) in [4.78, 5) is -2.90. The molecule has 0 saturated carbocycles. The van der Waals surface area contributed by atoms with Crippen LogP contribution in [0.4, 0.5) is 0 Å². The molecular formula is C33H38O21P2S5. The minimum Gasteiger partial charge on any atom is -0.496 e. The third-order valence-electron chi connectivity index (χ3n) is 8.80. The fourth-order valence-corrected chi connectivity index (χ4v) is 15.0. The van der Waals surface area contributed by atoms with Gasteiger partial charge < -0.3 is 24.1 Å². The van der Waals surface area contributed by atoms with Gasteiger partial charge in [-0.25, -0.2) is 4.18 Å². The SMILES string of the molecule is COc1ccc(S(=O)(=O)O)cc1P(CC(C)(CP(c1cc(S(=O)(=O)O)ccc1OC)c1cc(S(=O)(=O)O)ccc1OC)C(O)OS(=O)(=O)O)c1cc(S(=O)(=O)O)ccc1OC. The van der Waals surface area contributed by atoms with Gasteiger partial charge in [0.15, 0.2) is 6.29 Å². The Labute approximate surface area is 354 Å². The van der Waals surface area contributed by atoms with Gasteiger partial charge in [-0.1, -0.05) is 6.92 Å². The fourth-order valence-electron chi connectivity index (χ4n) is 5.92. The van der Waals surface area contributed by atoms with E-state index < -0.39 is 110 Å². The zero-order valence-corrected chi connectivity index (χ0v) is 38.0. The Balaban J connectivity index is 2.24. The highest BCUT2D eigenvalue weighted by molar-refractivity contribution is 7.87. The second kappa shape index (κ2) is 18.6. The first-order valence-electron chi connectivity index (χ1n) is 16.5. The summed E-state index contributed by atoms with van der Waals surface area (Å²) < 4.78 is 201. The van der Waals surface area contributed by atoms with Crippen molar-refractivity contribution in [1.82, 2.24) is 0 Å². The fraction of sp³-hybridized carbons (Fsp3) is 0.273. The first-order valence-corrected chi connectivity index (χ1v) is 26.7. The molecule has 1 atom stereocenters. The first kappa shape index (κ1) is 50.1. The second-order valence-electron chi connectivity index (χ2n) is 12.9. The van der Waals surface area contributed by atoms with Crippen molar-refractivity contribution < 1.29 is 93.1 Å². The van der Waals surface area contributed by atoms with E-state index >= 15 is 0 Å². The Bertz CT molecular complexity index is 2530. The highest BCUT2D eigenvalue weighted by Gasteiger charge is 2.45. The molecule has 1 unspecified atom stereocenters. The molecule has 0 bridgehead atoms. The number of aliphatic hydroxyl groups excluding tert-OH is 1. The molecule has 0 aliphatic carbocycles. The van der Waals surface area contributed by atoms with Crippen LogP contribution in [0.15, 0.2) is 92.4 Å². The van der Waals surface area contributed by atoms with Gasteiger partial charge in [0.2, 0.25) is 0 Å². The van der Waals surface area contributed by atoms with E-state index in [0.29, 0.717) is 0 Å². The highest BCUT2D eigenvalue weighted by atomic mass is 32.3. The topological polar surface area (TPSA) is 338 Å². The van der Waals surface area contributed by atoms with Gasteiger partial charge in [-0.05, 0) is 101 Å². The lowest BCUT2D eigenvalue weighted by Gasteiger charge is -2.40. The number of ether oxygens (including phenoxy) is 4. The lowest BCUT2D eigenvalue weighted by atomic mass is 9.95. The van der Waals surface area contributed by atoms with Crippen molar-refractivity contribution in [2.75, 3.05) is 40.8 Å². The summed E-state index contributed by atoms with van der Waals surface area (Å²) in [5, 5.41) is 11.2. The maximum atomic E-state index is 12.5. The van der Waals surface area contributed by atoms with Gasteiger partial charge in [-0.2, -0.15) is 42.1 Å². The van der Waals surface area contributed by atoms with Crippen LogP contribution in [0, 0.1) is 5.41 Å². The van der Waals surface area contributed by atoms with Crippen molar-refractivity contribution in [3.8, 4) is 23.0 Å². The van der Waals surface area contributed by atoms with Gasteiger partial charge in [0.05, 0.1) is 48.0 Å². The molecule has 0 saturated heterocycles.